The summed E-state index contributed by atoms with van der Waals surface area (Å²) in [6.45, 7) is 27.4. The molecule has 0 spiro atoms. The van der Waals surface area contributed by atoms with Crippen LogP contribution >= 0.6 is 0 Å². The number of carbonyl (C=O) groups is 2. The lowest BCUT2D eigenvalue weighted by atomic mass is 9.82. The van der Waals surface area contributed by atoms with Crippen LogP contribution in [0.2, 0.25) is 36.3 Å². The first-order chi connectivity index (χ1) is 34.9. The maximum Gasteiger partial charge on any atom is 0.338 e. The van der Waals surface area contributed by atoms with Gasteiger partial charge in [-0.05, 0) is 73.4 Å². The highest BCUT2D eigenvalue weighted by molar-refractivity contribution is 6.75. The molecule has 1 fully saturated rings. The predicted molar refractivity (Wildman–Crippen MR) is 291 cm³/mol. The van der Waals surface area contributed by atoms with Crippen LogP contribution in [0.15, 0.2) is 146 Å². The summed E-state index contributed by atoms with van der Waals surface area (Å²) in [4.78, 5) is 29.3. The van der Waals surface area contributed by atoms with E-state index in [0.29, 0.717) is 34.5 Å². The van der Waals surface area contributed by atoms with Crippen LogP contribution in [0.1, 0.15) is 105 Å². The molecule has 0 aliphatic carbocycles. The fourth-order valence-electron chi connectivity index (χ4n) is 9.12. The molecule has 11 nitrogen and oxygen atoms in total. The fraction of sp³-hybridized carbons (Fsp3) is 0.377. The van der Waals surface area contributed by atoms with E-state index in [1.807, 2.05) is 135 Å². The molecule has 0 radical (unpaired) electrons. The lowest BCUT2D eigenvalue weighted by Crippen LogP contribution is -2.52. The molecular weight excluding hydrogens is 965 g/mol. The normalized spacial score (nSPS) is 20.9. The Morgan fingerprint density at radius 1 is 0.514 bits per heavy atom. The fourth-order valence-corrected chi connectivity index (χ4v) is 11.1. The van der Waals surface area contributed by atoms with Crippen LogP contribution in [0.5, 0.6) is 34.5 Å². The average Bonchev–Trinajstić information content (AvgIpc) is 3.98. The molecule has 0 saturated carbocycles. The van der Waals surface area contributed by atoms with Crippen molar-refractivity contribution in [3.8, 4) is 34.5 Å². The minimum absolute atomic E-state index is 0.00949. The third-order valence-corrected chi connectivity index (χ3v) is 24.6. The topological polar surface area (TPSA) is 117 Å². The summed E-state index contributed by atoms with van der Waals surface area (Å²) in [5.41, 5.74) is 3.49. The van der Waals surface area contributed by atoms with Gasteiger partial charge in [-0.2, -0.15) is 0 Å². The molecule has 0 N–H and O–H groups in total. The third kappa shape index (κ3) is 9.81. The van der Waals surface area contributed by atoms with Crippen molar-refractivity contribution in [2.24, 2.45) is 11.8 Å². The number of rotatable bonds is 13. The Bertz CT molecular complexity index is 2910. The predicted octanol–water partition coefficient (Wildman–Crippen LogP) is 14.2. The first kappa shape index (κ1) is 52.3. The van der Waals surface area contributed by atoms with Crippen LogP contribution in [0.25, 0.3) is 0 Å². The van der Waals surface area contributed by atoms with Crippen molar-refractivity contribution in [1.29, 1.82) is 0 Å². The van der Waals surface area contributed by atoms with Gasteiger partial charge >= 0.3 is 23.5 Å². The summed E-state index contributed by atoms with van der Waals surface area (Å²) in [5, 5.41) is -0.372. The van der Waals surface area contributed by atoms with E-state index >= 15 is 0 Å². The molecule has 9 rings (SSSR count). The highest BCUT2D eigenvalue weighted by Crippen LogP contribution is 2.56. The lowest BCUT2D eigenvalue weighted by molar-refractivity contribution is -0.176. The maximum absolute atomic E-state index is 14.8. The Kier molecular flexibility index (Phi) is 13.9. The molecule has 6 aromatic rings. The minimum Gasteiger partial charge on any atom is -0.541 e. The summed E-state index contributed by atoms with van der Waals surface area (Å²) in [6.07, 6.45) is -1.86. The van der Waals surface area contributed by atoms with E-state index in [1.54, 1.807) is 24.3 Å². The maximum atomic E-state index is 14.8. The second kappa shape index (κ2) is 19.6. The van der Waals surface area contributed by atoms with E-state index in [1.165, 1.54) is 0 Å². The van der Waals surface area contributed by atoms with E-state index in [9.17, 15) is 9.59 Å². The van der Waals surface area contributed by atoms with Gasteiger partial charge in [-0.15, -0.1) is 0 Å². The number of carbonyl (C=O) groups excluding carboxylic acids is 2. The van der Waals surface area contributed by atoms with Crippen molar-refractivity contribution in [3.63, 3.8) is 0 Å². The zero-order valence-electron chi connectivity index (χ0n) is 44.9. The molecule has 6 aromatic carbocycles. The van der Waals surface area contributed by atoms with Gasteiger partial charge in [0.05, 0.1) is 17.2 Å². The first-order valence-corrected chi connectivity index (χ1v) is 31.5. The second-order valence-electron chi connectivity index (χ2n) is 23.0. The summed E-state index contributed by atoms with van der Waals surface area (Å²) < 4.78 is 60.9. The molecule has 5 atom stereocenters. The molecule has 3 heterocycles. The van der Waals surface area contributed by atoms with Gasteiger partial charge in [0.15, 0.2) is 23.0 Å². The third-order valence-electron chi connectivity index (χ3n) is 15.9. The molecule has 388 valence electrons. The Morgan fingerprint density at radius 2 is 0.878 bits per heavy atom. The van der Waals surface area contributed by atoms with Crippen LogP contribution in [-0.4, -0.2) is 53.5 Å². The summed E-state index contributed by atoms with van der Waals surface area (Å²) >= 11 is 0. The molecule has 0 amide bonds. The smallest absolute Gasteiger partial charge is 0.338 e. The van der Waals surface area contributed by atoms with Crippen LogP contribution in [0, 0.1) is 11.8 Å². The molecule has 74 heavy (non-hydrogen) atoms. The van der Waals surface area contributed by atoms with Crippen LogP contribution in [-0.2, 0) is 25.8 Å². The van der Waals surface area contributed by atoms with Gasteiger partial charge in [-0.1, -0.05) is 177 Å². The molecule has 0 aromatic heterocycles. The van der Waals surface area contributed by atoms with Crippen molar-refractivity contribution in [3.05, 3.63) is 179 Å². The monoisotopic (exact) mass is 1030 g/mol. The van der Waals surface area contributed by atoms with Gasteiger partial charge in [0.25, 0.3) is 16.6 Å². The van der Waals surface area contributed by atoms with E-state index in [2.05, 4.69) is 74.7 Å². The van der Waals surface area contributed by atoms with Gasteiger partial charge in [0.2, 0.25) is 11.5 Å². The van der Waals surface area contributed by atoms with Gasteiger partial charge in [-0.25, -0.2) is 9.59 Å². The average molecular weight is 1040 g/mol. The molecule has 3 aliphatic rings. The van der Waals surface area contributed by atoms with Crippen LogP contribution in [0.4, 0.5) is 0 Å². The second-order valence-corrected chi connectivity index (χ2v) is 32.4. The molecule has 3 aliphatic heterocycles. The largest absolute Gasteiger partial charge is 0.541 e. The van der Waals surface area contributed by atoms with Gasteiger partial charge in [-0.3, -0.25) is 0 Å². The quantitative estimate of drug-likeness (QED) is 0.0813. The molecular formula is C61H70O11Si2. The first-order valence-electron chi connectivity index (χ1n) is 25.7. The van der Waals surface area contributed by atoms with Crippen molar-refractivity contribution in [2.45, 2.75) is 128 Å². The molecule has 3 unspecified atom stereocenters. The highest BCUT2D eigenvalue weighted by Gasteiger charge is 2.51. The summed E-state index contributed by atoms with van der Waals surface area (Å²) in [6, 6.07) is 45.6. The minimum atomic E-state index is -2.53. The molecule has 1 saturated heterocycles. The number of benzene rings is 6. The summed E-state index contributed by atoms with van der Waals surface area (Å²) in [7, 11) is -5.04. The standard InChI is InChI=1S/C61H70O11Si2/c1-39-40(2)53(66-57(63)43-35-49-55(51(37-43)72-74(12,13)59(7,8)9)70-61(68-49,46-30-22-16-23-31-46)47-32-24-17-25-33-47)52(65-41(39)3)38-64-56(62)42-34-48-54(50(36-42)71-73(10,11)58(4,5)6)69-60(67-48,44-26-18-14-19-27-44)45-28-20-15-21-29-45/h14-37,39-41,52-53H,38H2,1-13H3/t39-,40-,41?,52?,53?/m1/s1. The van der Waals surface area contributed by atoms with Gasteiger partial charge in [0.1, 0.15) is 18.8 Å². The Morgan fingerprint density at radius 3 is 1.24 bits per heavy atom. The number of ether oxygens (including phenoxy) is 7. The van der Waals surface area contributed by atoms with Gasteiger partial charge in [0, 0.05) is 28.2 Å². The van der Waals surface area contributed by atoms with Crippen LogP contribution in [0.3, 0.4) is 0 Å². The summed E-state index contributed by atoms with van der Waals surface area (Å²) in [5.74, 6) is -1.94. The van der Waals surface area contributed by atoms with Crippen LogP contribution < -0.4 is 27.8 Å². The van der Waals surface area contributed by atoms with Crippen molar-refractivity contribution in [1.82, 2.24) is 0 Å². The van der Waals surface area contributed by atoms with E-state index in [-0.39, 0.29) is 45.8 Å². The number of fused-ring (bicyclic) bond motifs is 2. The van der Waals surface area contributed by atoms with Crippen molar-refractivity contribution in [2.75, 3.05) is 6.61 Å². The number of hydrogen-bond donors (Lipinski definition) is 0. The Balaban J connectivity index is 1.02. The van der Waals surface area contributed by atoms with E-state index < -0.39 is 52.4 Å². The van der Waals surface area contributed by atoms with E-state index in [0.717, 1.165) is 22.3 Å². The zero-order chi connectivity index (χ0) is 53.0. The SMILES string of the molecule is CC1OC(COC(=O)c2cc3c(c(O[Si](C)(C)C(C)(C)C)c2)OC(c2ccccc2)(c2ccccc2)O3)C(OC(=O)c2cc3c(c(O[Si](C)(C)C(C)(C)C)c2)OC(c2ccccc2)(c2ccccc2)O3)[C@H](C)[C@H]1C. The van der Waals surface area contributed by atoms with Crippen molar-refractivity contribution < 1.29 is 51.6 Å². The molecule has 13 heteroatoms. The Hall–Kier alpha value is -6.55. The lowest BCUT2D eigenvalue weighted by Gasteiger charge is -2.43. The van der Waals surface area contributed by atoms with E-state index in [4.69, 9.17) is 42.0 Å². The number of esters is 2. The highest BCUT2D eigenvalue weighted by atomic mass is 28.4. The zero-order valence-corrected chi connectivity index (χ0v) is 46.9. The van der Waals surface area contributed by atoms with Crippen molar-refractivity contribution >= 4 is 28.6 Å². The van der Waals surface area contributed by atoms with Gasteiger partial charge < -0.3 is 42.0 Å². The Labute approximate surface area is 438 Å². The number of hydrogen-bond acceptors (Lipinski definition) is 11. The molecule has 0 bridgehead atoms.